The van der Waals surface area contributed by atoms with Crippen LogP contribution in [0.15, 0.2) is 46.7 Å². The number of phenols is 1. The minimum Gasteiger partial charge on any atom is -0.502 e. The summed E-state index contributed by atoms with van der Waals surface area (Å²) in [5.41, 5.74) is 5.40. The van der Waals surface area contributed by atoms with Crippen molar-refractivity contribution in [1.29, 1.82) is 0 Å². The van der Waals surface area contributed by atoms with Crippen molar-refractivity contribution in [3.05, 3.63) is 47.5 Å². The van der Waals surface area contributed by atoms with Crippen LogP contribution in [0.3, 0.4) is 0 Å². The quantitative estimate of drug-likeness (QED) is 0.259. The molecule has 186 valence electrons. The lowest BCUT2D eigenvalue weighted by atomic mass is 9.87. The van der Waals surface area contributed by atoms with Gasteiger partial charge in [0, 0.05) is 17.7 Å². The average molecular weight is 498 g/mol. The number of amides is 1. The number of methoxy groups -OCH3 is 2. The Morgan fingerprint density at radius 2 is 1.77 bits per heavy atom. The minimum atomic E-state index is -0.286. The van der Waals surface area contributed by atoms with Crippen LogP contribution in [0, 0.1) is 0 Å². The van der Waals surface area contributed by atoms with Gasteiger partial charge in [0.2, 0.25) is 5.75 Å². The molecular formula is C25H31N5O4S. The fraction of sp³-hybridized carbons (Fsp3) is 0.360. The fourth-order valence-corrected chi connectivity index (χ4v) is 4.14. The smallest absolute Gasteiger partial charge is 0.250 e. The van der Waals surface area contributed by atoms with E-state index in [1.54, 1.807) is 12.1 Å². The van der Waals surface area contributed by atoms with Crippen LogP contribution >= 0.6 is 11.8 Å². The molecule has 2 aromatic carbocycles. The van der Waals surface area contributed by atoms with E-state index in [0.717, 1.165) is 11.4 Å². The number of phenolic OH excluding ortho intramolecular Hbond substituents is 1. The summed E-state index contributed by atoms with van der Waals surface area (Å²) in [5.74, 6) is 0.999. The van der Waals surface area contributed by atoms with Gasteiger partial charge in [0.05, 0.1) is 26.2 Å². The summed E-state index contributed by atoms with van der Waals surface area (Å²) in [6.45, 7) is 9.23. The Hall–Kier alpha value is -3.53. The zero-order chi connectivity index (χ0) is 25.6. The molecule has 0 aliphatic heterocycles. The molecule has 0 aliphatic rings. The fourth-order valence-electron chi connectivity index (χ4n) is 3.34. The lowest BCUT2D eigenvalue weighted by Gasteiger charge is -2.19. The van der Waals surface area contributed by atoms with Gasteiger partial charge in [-0.3, -0.25) is 4.79 Å². The molecule has 0 radical (unpaired) electrons. The van der Waals surface area contributed by atoms with Crippen molar-refractivity contribution in [3.8, 4) is 28.6 Å². The molecule has 0 spiro atoms. The van der Waals surface area contributed by atoms with E-state index in [-0.39, 0.29) is 34.3 Å². The monoisotopic (exact) mass is 497 g/mol. The number of ether oxygens (including phenoxy) is 2. The highest BCUT2D eigenvalue weighted by Crippen LogP contribution is 2.36. The summed E-state index contributed by atoms with van der Waals surface area (Å²) in [7, 11) is 2.88. The number of hydrogen-bond donors (Lipinski definition) is 2. The Morgan fingerprint density at radius 3 is 2.31 bits per heavy atom. The number of carbonyl (C=O) groups excluding carboxylic acids is 1. The Bertz CT molecular complexity index is 1170. The van der Waals surface area contributed by atoms with Crippen molar-refractivity contribution in [2.75, 3.05) is 20.0 Å². The Kier molecular flexibility index (Phi) is 8.39. The predicted octanol–water partition coefficient (Wildman–Crippen LogP) is 4.23. The van der Waals surface area contributed by atoms with Gasteiger partial charge in [-0.1, -0.05) is 56.8 Å². The standard InChI is InChI=1S/C25H31N5O4S/c1-7-30-23(17-8-10-18(11-9-17)25(2,3)4)28-29-24(30)35-15-21(31)27-26-14-16-12-19(33-5)22(32)20(13-16)34-6/h8-14,32H,7,15H2,1-6H3,(H,27,31). The SMILES string of the molecule is CCn1c(SCC(=O)NN=Cc2cc(OC)c(O)c(OC)c2)nnc1-c1ccc(C(C)(C)C)cc1. The number of carbonyl (C=O) groups is 1. The number of thioether (sulfide) groups is 1. The van der Waals surface area contributed by atoms with E-state index in [1.807, 2.05) is 11.5 Å². The molecule has 1 heterocycles. The van der Waals surface area contributed by atoms with Crippen LogP contribution in [-0.4, -0.2) is 52.0 Å². The molecule has 0 aliphatic carbocycles. The third kappa shape index (κ3) is 6.33. The molecule has 10 heteroatoms. The molecule has 2 N–H and O–H groups in total. The minimum absolute atomic E-state index is 0.0776. The van der Waals surface area contributed by atoms with Crippen LogP contribution in [0.4, 0.5) is 0 Å². The molecule has 0 saturated carbocycles. The molecule has 0 bridgehead atoms. The van der Waals surface area contributed by atoms with Crippen LogP contribution in [0.25, 0.3) is 11.4 Å². The zero-order valence-corrected chi connectivity index (χ0v) is 21.6. The van der Waals surface area contributed by atoms with Crippen molar-refractivity contribution in [2.24, 2.45) is 5.10 Å². The highest BCUT2D eigenvalue weighted by molar-refractivity contribution is 7.99. The van der Waals surface area contributed by atoms with E-state index >= 15 is 0 Å². The summed E-state index contributed by atoms with van der Waals surface area (Å²) < 4.78 is 12.2. The molecule has 1 aromatic heterocycles. The highest BCUT2D eigenvalue weighted by atomic mass is 32.2. The summed E-state index contributed by atoms with van der Waals surface area (Å²) in [4.78, 5) is 12.3. The second kappa shape index (κ2) is 11.3. The van der Waals surface area contributed by atoms with Crippen LogP contribution in [-0.2, 0) is 16.8 Å². The van der Waals surface area contributed by atoms with Crippen molar-refractivity contribution in [3.63, 3.8) is 0 Å². The van der Waals surface area contributed by atoms with Gasteiger partial charge in [0.25, 0.3) is 5.91 Å². The van der Waals surface area contributed by atoms with Gasteiger partial charge in [-0.25, -0.2) is 5.43 Å². The van der Waals surface area contributed by atoms with E-state index in [0.29, 0.717) is 17.3 Å². The van der Waals surface area contributed by atoms with Gasteiger partial charge in [-0.05, 0) is 30.0 Å². The highest BCUT2D eigenvalue weighted by Gasteiger charge is 2.17. The van der Waals surface area contributed by atoms with Gasteiger partial charge in [-0.15, -0.1) is 10.2 Å². The van der Waals surface area contributed by atoms with Crippen molar-refractivity contribution < 1.29 is 19.4 Å². The van der Waals surface area contributed by atoms with Crippen molar-refractivity contribution >= 4 is 23.9 Å². The molecule has 0 fully saturated rings. The predicted molar refractivity (Wildman–Crippen MR) is 138 cm³/mol. The first-order valence-electron chi connectivity index (χ1n) is 11.1. The molecule has 0 saturated heterocycles. The number of aromatic nitrogens is 3. The third-order valence-corrected chi connectivity index (χ3v) is 6.25. The normalized spacial score (nSPS) is 11.6. The zero-order valence-electron chi connectivity index (χ0n) is 20.8. The molecule has 3 aromatic rings. The maximum atomic E-state index is 12.3. The van der Waals surface area contributed by atoms with Crippen molar-refractivity contribution in [1.82, 2.24) is 20.2 Å². The van der Waals surface area contributed by atoms with Crippen molar-refractivity contribution in [2.45, 2.75) is 44.8 Å². The Labute approximate surface area is 209 Å². The lowest BCUT2D eigenvalue weighted by Crippen LogP contribution is -2.20. The second-order valence-electron chi connectivity index (χ2n) is 8.73. The molecule has 0 unspecified atom stereocenters. The van der Waals surface area contributed by atoms with Gasteiger partial charge < -0.3 is 19.1 Å². The van der Waals surface area contributed by atoms with E-state index in [4.69, 9.17) is 9.47 Å². The maximum Gasteiger partial charge on any atom is 0.250 e. The summed E-state index contributed by atoms with van der Waals surface area (Å²) in [6, 6.07) is 11.5. The second-order valence-corrected chi connectivity index (χ2v) is 9.68. The molecule has 0 atom stereocenters. The first kappa shape index (κ1) is 26.1. The first-order valence-corrected chi connectivity index (χ1v) is 12.1. The van der Waals surface area contributed by atoms with Crippen LogP contribution in [0.2, 0.25) is 0 Å². The van der Waals surface area contributed by atoms with Crippen LogP contribution in [0.5, 0.6) is 17.2 Å². The van der Waals surface area contributed by atoms with Gasteiger partial charge in [-0.2, -0.15) is 5.10 Å². The maximum absolute atomic E-state index is 12.3. The molecular weight excluding hydrogens is 466 g/mol. The summed E-state index contributed by atoms with van der Waals surface area (Å²) in [5, 5.41) is 23.3. The number of nitrogens with one attached hydrogen (secondary N) is 1. The van der Waals surface area contributed by atoms with Gasteiger partial charge >= 0.3 is 0 Å². The Balaban J connectivity index is 1.63. The lowest BCUT2D eigenvalue weighted by molar-refractivity contribution is -0.118. The first-order chi connectivity index (χ1) is 16.7. The molecule has 35 heavy (non-hydrogen) atoms. The van der Waals surface area contributed by atoms with Gasteiger partial charge in [0.15, 0.2) is 22.5 Å². The summed E-state index contributed by atoms with van der Waals surface area (Å²) >= 11 is 1.29. The number of rotatable bonds is 9. The largest absolute Gasteiger partial charge is 0.502 e. The van der Waals surface area contributed by atoms with E-state index in [2.05, 4.69) is 65.8 Å². The molecule has 1 amide bonds. The number of hydrogen-bond acceptors (Lipinski definition) is 8. The average Bonchev–Trinajstić information content (AvgIpc) is 3.26. The van der Waals surface area contributed by atoms with E-state index in [1.165, 1.54) is 37.8 Å². The number of nitrogens with zero attached hydrogens (tertiary/aromatic N) is 4. The van der Waals surface area contributed by atoms with Gasteiger partial charge in [0.1, 0.15) is 0 Å². The number of hydrazone groups is 1. The third-order valence-electron chi connectivity index (χ3n) is 5.28. The Morgan fingerprint density at radius 1 is 1.14 bits per heavy atom. The van der Waals surface area contributed by atoms with Crippen LogP contribution in [0.1, 0.15) is 38.8 Å². The van der Waals surface area contributed by atoms with Crippen LogP contribution < -0.4 is 14.9 Å². The number of aromatic hydroxyl groups is 1. The van der Waals surface area contributed by atoms with E-state index in [9.17, 15) is 9.90 Å². The molecule has 3 rings (SSSR count). The molecule has 9 nitrogen and oxygen atoms in total. The topological polar surface area (TPSA) is 111 Å². The van der Waals surface area contributed by atoms with E-state index < -0.39 is 0 Å². The number of benzene rings is 2. The summed E-state index contributed by atoms with van der Waals surface area (Å²) in [6.07, 6.45) is 1.45.